The van der Waals surface area contributed by atoms with E-state index < -0.39 is 5.79 Å². The SMILES string of the molecule is O=C1N(CN2CCOCC2)c2ccccc2[C@@]12OC[C@H](COc1ccc(Cl)cc1)O2. The second kappa shape index (κ2) is 8.17. The largest absolute Gasteiger partial charge is 0.491 e. The molecule has 0 bridgehead atoms. The Morgan fingerprint density at radius 2 is 1.87 bits per heavy atom. The van der Waals surface area contributed by atoms with Crippen molar-refractivity contribution in [3.8, 4) is 5.75 Å². The molecule has 1 amide bonds. The third-order valence-corrected chi connectivity index (χ3v) is 5.83. The summed E-state index contributed by atoms with van der Waals surface area (Å²) < 4.78 is 23.5. The second-order valence-corrected chi connectivity index (χ2v) is 7.99. The van der Waals surface area contributed by atoms with Gasteiger partial charge in [0.1, 0.15) is 18.5 Å². The van der Waals surface area contributed by atoms with Gasteiger partial charge in [-0.05, 0) is 30.3 Å². The molecule has 2 atom stereocenters. The van der Waals surface area contributed by atoms with E-state index in [1.165, 1.54) is 0 Å². The molecule has 158 valence electrons. The van der Waals surface area contributed by atoms with Crippen LogP contribution in [-0.2, 0) is 24.8 Å². The first-order valence-electron chi connectivity index (χ1n) is 10.1. The Labute approximate surface area is 180 Å². The van der Waals surface area contributed by atoms with E-state index in [0.717, 1.165) is 24.3 Å². The minimum Gasteiger partial charge on any atom is -0.491 e. The molecule has 0 radical (unpaired) electrons. The molecular weight excluding hydrogens is 408 g/mol. The maximum Gasteiger partial charge on any atom is 0.293 e. The number of halogens is 1. The molecule has 3 aliphatic rings. The Balaban J connectivity index is 1.32. The highest BCUT2D eigenvalue weighted by Gasteiger charge is 2.58. The minimum absolute atomic E-state index is 0.191. The number of morpholine rings is 1. The summed E-state index contributed by atoms with van der Waals surface area (Å²) in [6.45, 7) is 3.97. The van der Waals surface area contributed by atoms with Crippen LogP contribution in [0.1, 0.15) is 5.56 Å². The predicted molar refractivity (Wildman–Crippen MR) is 111 cm³/mol. The molecule has 7 nitrogen and oxygen atoms in total. The Bertz CT molecular complexity index is 918. The van der Waals surface area contributed by atoms with E-state index >= 15 is 0 Å². The molecule has 30 heavy (non-hydrogen) atoms. The van der Waals surface area contributed by atoms with Gasteiger partial charge in [-0.3, -0.25) is 14.6 Å². The third kappa shape index (κ3) is 3.57. The lowest BCUT2D eigenvalue weighted by molar-refractivity contribution is -0.187. The number of carbonyl (C=O) groups is 1. The van der Waals surface area contributed by atoms with Crippen LogP contribution in [0.5, 0.6) is 5.75 Å². The molecule has 2 aromatic rings. The van der Waals surface area contributed by atoms with Crippen LogP contribution in [0.25, 0.3) is 0 Å². The molecule has 0 aliphatic carbocycles. The number of hydrogen-bond acceptors (Lipinski definition) is 6. The van der Waals surface area contributed by atoms with E-state index in [4.69, 9.17) is 30.5 Å². The second-order valence-electron chi connectivity index (χ2n) is 7.55. The van der Waals surface area contributed by atoms with Gasteiger partial charge in [0.05, 0.1) is 32.2 Å². The third-order valence-electron chi connectivity index (χ3n) is 5.58. The van der Waals surface area contributed by atoms with E-state index in [1.807, 2.05) is 24.3 Å². The van der Waals surface area contributed by atoms with Crippen molar-refractivity contribution in [2.24, 2.45) is 0 Å². The topological polar surface area (TPSA) is 60.5 Å². The first-order valence-corrected chi connectivity index (χ1v) is 10.5. The standard InChI is InChI=1S/C22H23ClN2O5/c23-16-5-7-17(8-6-16)28-13-18-14-29-22(30-18)19-3-1-2-4-20(19)25(21(22)26)15-24-9-11-27-12-10-24/h1-8,18H,9-15H2/t18-,22-/m0/s1. The van der Waals surface area contributed by atoms with Crippen molar-refractivity contribution < 1.29 is 23.7 Å². The quantitative estimate of drug-likeness (QED) is 0.726. The van der Waals surface area contributed by atoms with Gasteiger partial charge in [0.25, 0.3) is 11.7 Å². The fourth-order valence-electron chi connectivity index (χ4n) is 4.04. The molecular formula is C22H23ClN2O5. The lowest BCUT2D eigenvalue weighted by Crippen LogP contribution is -2.49. The molecule has 5 rings (SSSR count). The van der Waals surface area contributed by atoms with Crippen LogP contribution in [0.2, 0.25) is 5.02 Å². The van der Waals surface area contributed by atoms with Crippen molar-refractivity contribution in [3.05, 3.63) is 59.1 Å². The first kappa shape index (κ1) is 19.8. The summed E-state index contributed by atoms with van der Waals surface area (Å²) in [5.41, 5.74) is 1.57. The molecule has 2 fully saturated rings. The number of para-hydroxylation sites is 1. The monoisotopic (exact) mass is 430 g/mol. The number of carbonyl (C=O) groups excluding carboxylic acids is 1. The molecule has 0 saturated carbocycles. The van der Waals surface area contributed by atoms with Crippen molar-refractivity contribution in [1.29, 1.82) is 0 Å². The highest BCUT2D eigenvalue weighted by molar-refractivity contribution is 6.30. The van der Waals surface area contributed by atoms with Gasteiger partial charge >= 0.3 is 0 Å². The van der Waals surface area contributed by atoms with Gasteiger partial charge in [0.15, 0.2) is 0 Å². The van der Waals surface area contributed by atoms with Gasteiger partial charge in [0.2, 0.25) is 0 Å². The van der Waals surface area contributed by atoms with Crippen molar-refractivity contribution in [2.45, 2.75) is 11.9 Å². The van der Waals surface area contributed by atoms with Gasteiger partial charge in [0, 0.05) is 23.7 Å². The first-order chi connectivity index (χ1) is 14.7. The lowest BCUT2D eigenvalue weighted by atomic mass is 10.1. The van der Waals surface area contributed by atoms with Crippen LogP contribution in [-0.4, -0.2) is 63.1 Å². The van der Waals surface area contributed by atoms with E-state index in [1.54, 1.807) is 29.2 Å². The van der Waals surface area contributed by atoms with Gasteiger partial charge in [-0.1, -0.05) is 29.8 Å². The van der Waals surface area contributed by atoms with Crippen LogP contribution >= 0.6 is 11.6 Å². The zero-order valence-electron chi connectivity index (χ0n) is 16.5. The van der Waals surface area contributed by atoms with Crippen LogP contribution in [0, 0.1) is 0 Å². The van der Waals surface area contributed by atoms with Crippen LogP contribution in [0.4, 0.5) is 5.69 Å². The van der Waals surface area contributed by atoms with E-state index in [2.05, 4.69) is 4.90 Å². The summed E-state index contributed by atoms with van der Waals surface area (Å²) in [5, 5.41) is 0.648. The lowest BCUT2D eigenvalue weighted by Gasteiger charge is -2.31. The zero-order chi connectivity index (χ0) is 20.6. The summed E-state index contributed by atoms with van der Waals surface area (Å²) in [4.78, 5) is 17.4. The average Bonchev–Trinajstić information content (AvgIpc) is 3.31. The molecule has 8 heteroatoms. The normalized spacial score (nSPS) is 26.4. The van der Waals surface area contributed by atoms with Crippen molar-refractivity contribution in [3.63, 3.8) is 0 Å². The fraction of sp³-hybridized carbons (Fsp3) is 0.409. The number of hydrogen-bond donors (Lipinski definition) is 0. The van der Waals surface area contributed by atoms with E-state index in [0.29, 0.717) is 30.7 Å². The van der Waals surface area contributed by atoms with Crippen LogP contribution in [0.3, 0.4) is 0 Å². The number of nitrogens with zero attached hydrogens (tertiary/aromatic N) is 2. The van der Waals surface area contributed by atoms with Gasteiger partial charge in [-0.2, -0.15) is 0 Å². The molecule has 0 N–H and O–H groups in total. The zero-order valence-corrected chi connectivity index (χ0v) is 17.2. The average molecular weight is 431 g/mol. The summed E-state index contributed by atoms with van der Waals surface area (Å²) in [6.07, 6.45) is -0.360. The molecule has 0 aromatic heterocycles. The molecule has 0 unspecified atom stereocenters. The molecule has 2 aromatic carbocycles. The number of benzene rings is 2. The number of fused-ring (bicyclic) bond motifs is 2. The summed E-state index contributed by atoms with van der Waals surface area (Å²) in [5.74, 6) is -0.906. The van der Waals surface area contributed by atoms with Crippen molar-refractivity contribution in [2.75, 3.05) is 51.1 Å². The number of anilines is 1. The molecule has 2 saturated heterocycles. The molecule has 3 aliphatic heterocycles. The Kier molecular flexibility index (Phi) is 5.39. The smallest absolute Gasteiger partial charge is 0.293 e. The van der Waals surface area contributed by atoms with Crippen LogP contribution in [0.15, 0.2) is 48.5 Å². The molecule has 3 heterocycles. The minimum atomic E-state index is -1.41. The highest BCUT2D eigenvalue weighted by Crippen LogP contribution is 2.47. The van der Waals surface area contributed by atoms with E-state index in [-0.39, 0.29) is 25.2 Å². The summed E-state index contributed by atoms with van der Waals surface area (Å²) >= 11 is 5.92. The maximum absolute atomic E-state index is 13.5. The number of rotatable bonds is 5. The number of amides is 1. The van der Waals surface area contributed by atoms with Crippen molar-refractivity contribution in [1.82, 2.24) is 4.90 Å². The molecule has 1 spiro atoms. The highest BCUT2D eigenvalue weighted by atomic mass is 35.5. The maximum atomic E-state index is 13.5. The van der Waals surface area contributed by atoms with Gasteiger partial charge in [-0.15, -0.1) is 0 Å². The summed E-state index contributed by atoms with van der Waals surface area (Å²) in [6, 6.07) is 14.8. The van der Waals surface area contributed by atoms with Crippen LogP contribution < -0.4 is 9.64 Å². The fourth-order valence-corrected chi connectivity index (χ4v) is 4.17. The summed E-state index contributed by atoms with van der Waals surface area (Å²) in [7, 11) is 0. The Hall–Kier alpha value is -2.16. The van der Waals surface area contributed by atoms with Gasteiger partial charge in [-0.25, -0.2) is 0 Å². The Morgan fingerprint density at radius 1 is 1.10 bits per heavy atom. The Morgan fingerprint density at radius 3 is 2.67 bits per heavy atom. The van der Waals surface area contributed by atoms with E-state index in [9.17, 15) is 4.79 Å². The number of ether oxygens (including phenoxy) is 4. The van der Waals surface area contributed by atoms with Crippen molar-refractivity contribution >= 4 is 23.2 Å². The predicted octanol–water partition coefficient (Wildman–Crippen LogP) is 2.62. The van der Waals surface area contributed by atoms with Gasteiger partial charge < -0.3 is 18.9 Å².